The van der Waals surface area contributed by atoms with E-state index in [0.29, 0.717) is 13.1 Å². The lowest BCUT2D eigenvalue weighted by Gasteiger charge is -2.19. The molecule has 0 unspecified atom stereocenters. The van der Waals surface area contributed by atoms with E-state index in [4.69, 9.17) is 16.8 Å². The zero-order valence-electron chi connectivity index (χ0n) is 10.6. The smallest absolute Gasteiger partial charge is 0.317 e. The first-order valence-electron chi connectivity index (χ1n) is 5.70. The van der Waals surface area contributed by atoms with Crippen molar-refractivity contribution in [3.8, 4) is 18.4 Å². The number of unbranched alkanes of at least 4 members (excludes halogenated alkanes) is 1. The molecule has 0 bridgehead atoms. The van der Waals surface area contributed by atoms with Gasteiger partial charge in [0.1, 0.15) is 0 Å². The van der Waals surface area contributed by atoms with Crippen molar-refractivity contribution in [1.29, 1.82) is 5.26 Å². The highest BCUT2D eigenvalue weighted by atomic mass is 16.4. The van der Waals surface area contributed by atoms with Crippen LogP contribution in [0.4, 0.5) is 0 Å². The van der Waals surface area contributed by atoms with E-state index < -0.39 is 5.97 Å². The maximum atomic E-state index is 10.6. The van der Waals surface area contributed by atoms with Crippen LogP contribution in [-0.2, 0) is 4.79 Å². The molecule has 0 heterocycles. The average Bonchev–Trinajstić information content (AvgIpc) is 2.24. The number of rotatable bonds is 8. The molecular weight excluding hydrogens is 216 g/mol. The summed E-state index contributed by atoms with van der Waals surface area (Å²) in [6, 6.07) is 2.25. The number of terminal acetylenes is 1. The summed E-state index contributed by atoms with van der Waals surface area (Å²) in [4.78, 5) is 12.3. The van der Waals surface area contributed by atoms with E-state index in [2.05, 4.69) is 12.0 Å². The summed E-state index contributed by atoms with van der Waals surface area (Å²) in [7, 11) is 0. The summed E-state index contributed by atoms with van der Waals surface area (Å²) in [6.07, 6.45) is 7.76. The van der Waals surface area contributed by atoms with Gasteiger partial charge in [-0.15, -0.1) is 6.42 Å². The number of carbonyl (C=O) groups is 1. The Bertz CT molecular complexity index is 323. The number of nitrogens with zero attached hydrogens (tertiary/aromatic N) is 2. The van der Waals surface area contributed by atoms with E-state index in [0.717, 1.165) is 19.3 Å². The lowest BCUT2D eigenvalue weighted by Crippen LogP contribution is -2.31. The van der Waals surface area contributed by atoms with E-state index in [9.17, 15) is 4.79 Å². The first kappa shape index (κ1) is 15.5. The zero-order valence-corrected chi connectivity index (χ0v) is 10.6. The maximum Gasteiger partial charge on any atom is 0.317 e. The molecule has 4 nitrogen and oxygen atoms in total. The van der Waals surface area contributed by atoms with Crippen molar-refractivity contribution in [2.75, 3.05) is 19.6 Å². The minimum absolute atomic E-state index is 0.0220. The first-order valence-corrected chi connectivity index (χ1v) is 5.70. The van der Waals surface area contributed by atoms with Crippen LogP contribution < -0.4 is 0 Å². The van der Waals surface area contributed by atoms with Crippen molar-refractivity contribution in [2.24, 2.45) is 5.41 Å². The maximum absolute atomic E-state index is 10.6. The monoisotopic (exact) mass is 236 g/mol. The minimum atomic E-state index is -0.863. The third kappa shape index (κ3) is 8.30. The van der Waals surface area contributed by atoms with Gasteiger partial charge in [-0.1, -0.05) is 12.3 Å². The molecule has 4 heteroatoms. The molecular formula is C13H20N2O2. The molecule has 17 heavy (non-hydrogen) atoms. The van der Waals surface area contributed by atoms with Gasteiger partial charge in [-0.3, -0.25) is 9.69 Å². The van der Waals surface area contributed by atoms with Crippen LogP contribution in [0.25, 0.3) is 0 Å². The highest BCUT2D eigenvalue weighted by Crippen LogP contribution is 2.21. The molecule has 0 saturated heterocycles. The topological polar surface area (TPSA) is 64.3 Å². The van der Waals surface area contributed by atoms with Crippen LogP contribution in [0.15, 0.2) is 0 Å². The normalized spacial score (nSPS) is 10.9. The van der Waals surface area contributed by atoms with Crippen LogP contribution in [0.1, 0.15) is 33.1 Å². The third-order valence-corrected chi connectivity index (χ3v) is 2.50. The van der Waals surface area contributed by atoms with Crippen molar-refractivity contribution in [1.82, 2.24) is 4.90 Å². The van der Waals surface area contributed by atoms with Crippen molar-refractivity contribution in [3.63, 3.8) is 0 Å². The predicted octanol–water partition coefficient (Wildman–Crippen LogP) is 1.73. The number of hydrogen-bond acceptors (Lipinski definition) is 3. The highest BCUT2D eigenvalue weighted by Gasteiger charge is 2.16. The van der Waals surface area contributed by atoms with Crippen molar-refractivity contribution < 1.29 is 9.90 Å². The Morgan fingerprint density at radius 2 is 2.12 bits per heavy atom. The number of aliphatic carboxylic acids is 1. The summed E-state index contributed by atoms with van der Waals surface area (Å²) in [5.41, 5.74) is -0.302. The summed E-state index contributed by atoms with van der Waals surface area (Å²) in [5, 5.41) is 17.5. The van der Waals surface area contributed by atoms with Gasteiger partial charge in [0.25, 0.3) is 0 Å². The third-order valence-electron chi connectivity index (χ3n) is 2.50. The molecule has 0 fully saturated rings. The van der Waals surface area contributed by atoms with Crippen LogP contribution in [-0.4, -0.2) is 35.6 Å². The molecule has 0 saturated carbocycles. The standard InChI is InChI=1S/C13H20N2O2/c1-4-8-15(10-12(16)17)9-6-5-7-13(2,3)11-14/h1H,5-10H2,2-3H3,(H,16,17). The summed E-state index contributed by atoms with van der Waals surface area (Å²) in [5.74, 6) is 1.59. The molecule has 0 radical (unpaired) electrons. The Balaban J connectivity index is 3.88. The number of carboxylic acids is 1. The molecule has 1 N–H and O–H groups in total. The molecule has 0 rings (SSSR count). The van der Waals surface area contributed by atoms with E-state index in [1.54, 1.807) is 4.90 Å². The molecule has 0 atom stereocenters. The second-order valence-electron chi connectivity index (χ2n) is 4.76. The number of carboxylic acid groups (broad SMARTS) is 1. The predicted molar refractivity (Wildman–Crippen MR) is 66.2 cm³/mol. The van der Waals surface area contributed by atoms with Gasteiger partial charge in [-0.2, -0.15) is 5.26 Å². The molecule has 0 spiro atoms. The van der Waals surface area contributed by atoms with Crippen LogP contribution in [0.3, 0.4) is 0 Å². The summed E-state index contributed by atoms with van der Waals surface area (Å²) >= 11 is 0. The lowest BCUT2D eigenvalue weighted by atomic mass is 9.89. The Labute approximate surface area is 103 Å². The zero-order chi connectivity index (χ0) is 13.3. The minimum Gasteiger partial charge on any atom is -0.480 e. The average molecular weight is 236 g/mol. The number of hydrogen-bond donors (Lipinski definition) is 1. The van der Waals surface area contributed by atoms with Crippen LogP contribution >= 0.6 is 0 Å². The van der Waals surface area contributed by atoms with Gasteiger partial charge >= 0.3 is 5.97 Å². The Morgan fingerprint density at radius 1 is 1.47 bits per heavy atom. The van der Waals surface area contributed by atoms with Gasteiger partial charge in [-0.25, -0.2) is 0 Å². The SMILES string of the molecule is C#CCN(CCCCC(C)(C)C#N)CC(=O)O. The molecule has 0 aromatic heterocycles. The second-order valence-corrected chi connectivity index (χ2v) is 4.76. The van der Waals surface area contributed by atoms with E-state index >= 15 is 0 Å². The quantitative estimate of drug-likeness (QED) is 0.515. The molecule has 0 aliphatic heterocycles. The van der Waals surface area contributed by atoms with Crippen molar-refractivity contribution >= 4 is 5.97 Å². The van der Waals surface area contributed by atoms with E-state index in [1.807, 2.05) is 13.8 Å². The van der Waals surface area contributed by atoms with Gasteiger partial charge in [0.15, 0.2) is 0 Å². The molecule has 0 amide bonds. The second kappa shape index (κ2) is 7.70. The van der Waals surface area contributed by atoms with Gasteiger partial charge < -0.3 is 5.11 Å². The van der Waals surface area contributed by atoms with E-state index in [-0.39, 0.29) is 12.0 Å². The summed E-state index contributed by atoms with van der Waals surface area (Å²) in [6.45, 7) is 4.81. The van der Waals surface area contributed by atoms with Crippen LogP contribution in [0.2, 0.25) is 0 Å². The number of nitriles is 1. The van der Waals surface area contributed by atoms with Crippen molar-refractivity contribution in [2.45, 2.75) is 33.1 Å². The van der Waals surface area contributed by atoms with Crippen LogP contribution in [0.5, 0.6) is 0 Å². The van der Waals surface area contributed by atoms with Crippen LogP contribution in [0, 0.1) is 29.1 Å². The Morgan fingerprint density at radius 3 is 2.59 bits per heavy atom. The summed E-state index contributed by atoms with van der Waals surface area (Å²) < 4.78 is 0. The van der Waals surface area contributed by atoms with Gasteiger partial charge in [0.05, 0.1) is 24.6 Å². The molecule has 0 aromatic carbocycles. The molecule has 0 aromatic rings. The lowest BCUT2D eigenvalue weighted by molar-refractivity contribution is -0.138. The fourth-order valence-electron chi connectivity index (χ4n) is 1.49. The molecule has 0 aliphatic rings. The van der Waals surface area contributed by atoms with Gasteiger partial charge in [0, 0.05) is 0 Å². The molecule has 94 valence electrons. The largest absolute Gasteiger partial charge is 0.480 e. The van der Waals surface area contributed by atoms with Gasteiger partial charge in [0.2, 0.25) is 0 Å². The first-order chi connectivity index (χ1) is 7.91. The van der Waals surface area contributed by atoms with Crippen molar-refractivity contribution in [3.05, 3.63) is 0 Å². The fourth-order valence-corrected chi connectivity index (χ4v) is 1.49. The highest BCUT2D eigenvalue weighted by molar-refractivity contribution is 5.69. The van der Waals surface area contributed by atoms with Gasteiger partial charge in [-0.05, 0) is 33.2 Å². The fraction of sp³-hybridized carbons (Fsp3) is 0.692. The Hall–Kier alpha value is -1.52. The Kier molecular flexibility index (Phi) is 7.02. The van der Waals surface area contributed by atoms with E-state index in [1.165, 1.54) is 0 Å². The molecule has 0 aliphatic carbocycles.